The standard InChI is InChI=1S/C20H27N5O3/c1-23(2)20(27)15-13-22-25-17(6-9-21-18(15)25)16-5-3-4-10-24(16)19(26)14-7-11-28-12-8-14/h6,9,13-14,16H,3-5,7-8,10-12H2,1-2H3. The van der Waals surface area contributed by atoms with Gasteiger partial charge >= 0.3 is 0 Å². The summed E-state index contributed by atoms with van der Waals surface area (Å²) in [6.07, 6.45) is 7.84. The Morgan fingerprint density at radius 1 is 1.18 bits per heavy atom. The molecule has 0 spiro atoms. The maximum absolute atomic E-state index is 13.2. The minimum absolute atomic E-state index is 0.0372. The number of rotatable bonds is 3. The molecule has 2 amide bonds. The predicted octanol–water partition coefficient (Wildman–Crippen LogP) is 1.91. The SMILES string of the molecule is CN(C)C(=O)c1cnn2c(C3CCCCN3C(=O)C3CCOCC3)ccnc12. The summed E-state index contributed by atoms with van der Waals surface area (Å²) in [7, 11) is 3.43. The molecule has 4 heterocycles. The molecule has 0 bridgehead atoms. The second-order valence-corrected chi connectivity index (χ2v) is 7.79. The van der Waals surface area contributed by atoms with Crippen LogP contribution in [0.2, 0.25) is 0 Å². The summed E-state index contributed by atoms with van der Waals surface area (Å²) >= 11 is 0. The van der Waals surface area contributed by atoms with Crippen molar-refractivity contribution >= 4 is 17.5 Å². The van der Waals surface area contributed by atoms with Crippen LogP contribution in [0.15, 0.2) is 18.5 Å². The molecular weight excluding hydrogens is 358 g/mol. The number of hydrogen-bond donors (Lipinski definition) is 0. The van der Waals surface area contributed by atoms with E-state index >= 15 is 0 Å². The average molecular weight is 385 g/mol. The van der Waals surface area contributed by atoms with E-state index in [-0.39, 0.29) is 23.8 Å². The molecule has 0 saturated carbocycles. The number of aromatic nitrogens is 3. The molecule has 2 aliphatic rings. The summed E-state index contributed by atoms with van der Waals surface area (Å²) < 4.78 is 7.15. The van der Waals surface area contributed by atoms with E-state index < -0.39 is 0 Å². The maximum Gasteiger partial charge on any atom is 0.258 e. The van der Waals surface area contributed by atoms with Crippen LogP contribution in [0.4, 0.5) is 0 Å². The Kier molecular flexibility index (Phi) is 5.30. The number of nitrogens with zero attached hydrogens (tertiary/aromatic N) is 5. The largest absolute Gasteiger partial charge is 0.381 e. The van der Waals surface area contributed by atoms with Crippen molar-refractivity contribution in [1.29, 1.82) is 0 Å². The Morgan fingerprint density at radius 3 is 2.71 bits per heavy atom. The molecule has 28 heavy (non-hydrogen) atoms. The third-order valence-corrected chi connectivity index (χ3v) is 5.76. The fourth-order valence-corrected chi connectivity index (χ4v) is 4.24. The summed E-state index contributed by atoms with van der Waals surface area (Å²) in [5, 5.41) is 4.45. The van der Waals surface area contributed by atoms with E-state index in [9.17, 15) is 9.59 Å². The third kappa shape index (κ3) is 3.37. The Hall–Kier alpha value is -2.48. The van der Waals surface area contributed by atoms with Gasteiger partial charge in [0, 0.05) is 46.0 Å². The molecule has 2 aliphatic heterocycles. The van der Waals surface area contributed by atoms with Crippen molar-refractivity contribution in [3.05, 3.63) is 29.7 Å². The summed E-state index contributed by atoms with van der Waals surface area (Å²) in [6, 6.07) is 1.88. The van der Waals surface area contributed by atoms with Crippen LogP contribution in [0, 0.1) is 5.92 Å². The van der Waals surface area contributed by atoms with Gasteiger partial charge in [0.15, 0.2) is 5.65 Å². The Labute approximate surface area is 164 Å². The fraction of sp³-hybridized carbons (Fsp3) is 0.600. The lowest BCUT2D eigenvalue weighted by molar-refractivity contribution is -0.142. The van der Waals surface area contributed by atoms with E-state index in [4.69, 9.17) is 4.74 Å². The monoisotopic (exact) mass is 385 g/mol. The van der Waals surface area contributed by atoms with Crippen LogP contribution in [0.25, 0.3) is 5.65 Å². The highest BCUT2D eigenvalue weighted by Crippen LogP contribution is 2.33. The van der Waals surface area contributed by atoms with Crippen molar-refractivity contribution in [3.63, 3.8) is 0 Å². The lowest BCUT2D eigenvalue weighted by Gasteiger charge is -2.38. The van der Waals surface area contributed by atoms with Crippen molar-refractivity contribution < 1.29 is 14.3 Å². The van der Waals surface area contributed by atoms with Crippen LogP contribution in [0.1, 0.15) is 54.2 Å². The van der Waals surface area contributed by atoms with E-state index in [1.807, 2.05) is 11.0 Å². The van der Waals surface area contributed by atoms with Gasteiger partial charge in [0.1, 0.15) is 5.56 Å². The highest BCUT2D eigenvalue weighted by atomic mass is 16.5. The Bertz CT molecular complexity index is 872. The van der Waals surface area contributed by atoms with Crippen molar-refractivity contribution in [2.24, 2.45) is 5.92 Å². The first-order valence-electron chi connectivity index (χ1n) is 10.0. The summed E-state index contributed by atoms with van der Waals surface area (Å²) in [6.45, 7) is 2.07. The van der Waals surface area contributed by atoms with Gasteiger partial charge in [0.25, 0.3) is 5.91 Å². The zero-order valence-electron chi connectivity index (χ0n) is 16.5. The quantitative estimate of drug-likeness (QED) is 0.806. The lowest BCUT2D eigenvalue weighted by Crippen LogP contribution is -2.43. The molecule has 2 aromatic rings. The minimum atomic E-state index is -0.126. The second kappa shape index (κ2) is 7.87. The summed E-state index contributed by atoms with van der Waals surface area (Å²) in [4.78, 5) is 33.6. The van der Waals surface area contributed by atoms with Crippen LogP contribution >= 0.6 is 0 Å². The van der Waals surface area contributed by atoms with Gasteiger partial charge in [0.05, 0.1) is 17.9 Å². The lowest BCUT2D eigenvalue weighted by atomic mass is 9.93. The van der Waals surface area contributed by atoms with Gasteiger partial charge in [-0.1, -0.05) is 0 Å². The zero-order chi connectivity index (χ0) is 19.7. The van der Waals surface area contributed by atoms with Crippen LogP contribution in [-0.2, 0) is 9.53 Å². The van der Waals surface area contributed by atoms with Crippen LogP contribution in [-0.4, -0.2) is 70.1 Å². The van der Waals surface area contributed by atoms with Gasteiger partial charge in [-0.2, -0.15) is 5.10 Å². The van der Waals surface area contributed by atoms with E-state index in [0.717, 1.165) is 44.3 Å². The molecule has 4 rings (SSSR count). The van der Waals surface area contributed by atoms with E-state index in [0.29, 0.717) is 24.4 Å². The van der Waals surface area contributed by atoms with Gasteiger partial charge in [-0.3, -0.25) is 9.59 Å². The molecule has 0 aliphatic carbocycles. The van der Waals surface area contributed by atoms with Crippen molar-refractivity contribution in [3.8, 4) is 0 Å². The molecule has 8 heteroatoms. The highest BCUT2D eigenvalue weighted by molar-refractivity contribution is 5.99. The first-order chi connectivity index (χ1) is 13.6. The number of amides is 2. The number of carbonyl (C=O) groups excluding carboxylic acids is 2. The first kappa shape index (κ1) is 18.9. The van der Waals surface area contributed by atoms with Gasteiger partial charge in [-0.15, -0.1) is 0 Å². The smallest absolute Gasteiger partial charge is 0.258 e. The maximum atomic E-state index is 13.2. The van der Waals surface area contributed by atoms with Gasteiger partial charge < -0.3 is 14.5 Å². The molecule has 1 atom stereocenters. The topological polar surface area (TPSA) is 80.0 Å². The van der Waals surface area contributed by atoms with E-state index in [1.165, 1.54) is 4.90 Å². The van der Waals surface area contributed by atoms with E-state index in [1.54, 1.807) is 31.0 Å². The van der Waals surface area contributed by atoms with Gasteiger partial charge in [-0.25, -0.2) is 9.50 Å². The molecule has 0 N–H and O–H groups in total. The fourth-order valence-electron chi connectivity index (χ4n) is 4.24. The molecule has 2 fully saturated rings. The molecule has 8 nitrogen and oxygen atoms in total. The summed E-state index contributed by atoms with van der Waals surface area (Å²) in [5.41, 5.74) is 1.94. The Balaban J connectivity index is 1.68. The van der Waals surface area contributed by atoms with Crippen LogP contribution in [0.3, 0.4) is 0 Å². The molecule has 0 radical (unpaired) electrons. The molecular formula is C20H27N5O3. The number of carbonyl (C=O) groups is 2. The highest BCUT2D eigenvalue weighted by Gasteiger charge is 2.34. The van der Waals surface area contributed by atoms with Crippen molar-refractivity contribution in [2.75, 3.05) is 33.9 Å². The van der Waals surface area contributed by atoms with E-state index in [2.05, 4.69) is 10.1 Å². The van der Waals surface area contributed by atoms with Gasteiger partial charge in [0.2, 0.25) is 5.91 Å². The number of likely N-dealkylation sites (tertiary alicyclic amines) is 1. The number of ether oxygens (including phenoxy) is 1. The molecule has 1 unspecified atom stereocenters. The molecule has 0 aromatic carbocycles. The zero-order valence-corrected chi connectivity index (χ0v) is 16.5. The average Bonchev–Trinajstić information content (AvgIpc) is 3.17. The second-order valence-electron chi connectivity index (χ2n) is 7.79. The minimum Gasteiger partial charge on any atom is -0.381 e. The van der Waals surface area contributed by atoms with Crippen LogP contribution in [0.5, 0.6) is 0 Å². The van der Waals surface area contributed by atoms with Gasteiger partial charge in [-0.05, 0) is 38.2 Å². The first-order valence-corrected chi connectivity index (χ1v) is 10.0. The normalized spacial score (nSPS) is 21.1. The third-order valence-electron chi connectivity index (χ3n) is 5.76. The van der Waals surface area contributed by atoms with Crippen molar-refractivity contribution in [2.45, 2.75) is 38.1 Å². The number of fused-ring (bicyclic) bond motifs is 1. The Morgan fingerprint density at radius 2 is 1.96 bits per heavy atom. The predicted molar refractivity (Wildman–Crippen MR) is 103 cm³/mol. The number of piperidine rings is 1. The molecule has 150 valence electrons. The molecule has 2 aromatic heterocycles. The molecule has 2 saturated heterocycles. The number of hydrogen-bond acceptors (Lipinski definition) is 5. The van der Waals surface area contributed by atoms with Crippen LogP contribution < -0.4 is 0 Å². The summed E-state index contributed by atoms with van der Waals surface area (Å²) in [5.74, 6) is 0.128. The van der Waals surface area contributed by atoms with Crippen molar-refractivity contribution in [1.82, 2.24) is 24.4 Å².